The summed E-state index contributed by atoms with van der Waals surface area (Å²) in [5.74, 6) is -0.726. The van der Waals surface area contributed by atoms with Crippen LogP contribution in [0.3, 0.4) is 0 Å². The highest BCUT2D eigenvalue weighted by Crippen LogP contribution is 2.34. The maximum atomic E-state index is 14.2. The molecule has 2 aromatic carbocycles. The molecule has 0 radical (unpaired) electrons. The highest BCUT2D eigenvalue weighted by atomic mass is 35.5. The Bertz CT molecular complexity index is 1380. The van der Waals surface area contributed by atoms with Gasteiger partial charge in [0, 0.05) is 29.6 Å². The molecule has 2 unspecified atom stereocenters. The fourth-order valence-corrected chi connectivity index (χ4v) is 7.34. The molecule has 2 aliphatic rings. The minimum absolute atomic E-state index is 0.0477. The van der Waals surface area contributed by atoms with Crippen LogP contribution in [0.5, 0.6) is 5.75 Å². The molecule has 3 aromatic rings. The minimum Gasteiger partial charge on any atom is -0.488 e. The van der Waals surface area contributed by atoms with E-state index < -0.39 is 21.9 Å². The van der Waals surface area contributed by atoms with Crippen LogP contribution in [0.1, 0.15) is 29.3 Å². The first-order valence-electron chi connectivity index (χ1n) is 12.4. The smallest absolute Gasteiger partial charge is 0.243 e. The Balaban J connectivity index is 1.39. The predicted octanol–water partition coefficient (Wildman–Crippen LogP) is 4.92. The van der Waals surface area contributed by atoms with Crippen molar-refractivity contribution >= 4 is 38.9 Å². The first-order chi connectivity index (χ1) is 18.3. The Morgan fingerprint density at radius 3 is 2.71 bits per heavy atom. The third kappa shape index (κ3) is 5.89. The Labute approximate surface area is 230 Å². The maximum Gasteiger partial charge on any atom is 0.243 e. The molecule has 1 saturated heterocycles. The number of carbonyl (C=O) groups excluding carboxylic acids is 1. The number of hydrogen-bond acceptors (Lipinski definition) is 6. The number of fused-ring (bicyclic) bond motifs is 1. The third-order valence-electron chi connectivity index (χ3n) is 6.84. The van der Waals surface area contributed by atoms with Gasteiger partial charge < -0.3 is 14.4 Å². The number of hydrogen-bond donors (Lipinski definition) is 0. The van der Waals surface area contributed by atoms with Crippen LogP contribution in [0.15, 0.2) is 64.9 Å². The van der Waals surface area contributed by atoms with Gasteiger partial charge in [-0.15, -0.1) is 11.3 Å². The zero-order valence-electron chi connectivity index (χ0n) is 20.6. The van der Waals surface area contributed by atoms with Crippen LogP contribution in [-0.2, 0) is 26.0 Å². The van der Waals surface area contributed by atoms with Crippen LogP contribution >= 0.6 is 22.9 Å². The van der Waals surface area contributed by atoms with Gasteiger partial charge in [0.15, 0.2) is 11.6 Å². The Hall–Kier alpha value is -2.50. The van der Waals surface area contributed by atoms with Gasteiger partial charge >= 0.3 is 0 Å². The SMILES string of the molecule is O=C(CN(CC1CCCO1)S(=O)(=O)c1ccc(Cl)cc1)N1CCc2sccc2C1COc1ccccc1F. The molecule has 0 N–H and O–H groups in total. The Kier molecular flexibility index (Phi) is 8.35. The molecule has 1 amide bonds. The monoisotopic (exact) mass is 578 g/mol. The molecular formula is C27H28ClFN2O5S2. The number of benzene rings is 2. The van der Waals surface area contributed by atoms with Crippen molar-refractivity contribution in [3.63, 3.8) is 0 Å². The molecule has 11 heteroatoms. The molecule has 0 bridgehead atoms. The van der Waals surface area contributed by atoms with Gasteiger partial charge in [0.2, 0.25) is 15.9 Å². The summed E-state index contributed by atoms with van der Waals surface area (Å²) >= 11 is 7.58. The Morgan fingerprint density at radius 1 is 1.18 bits per heavy atom. The second kappa shape index (κ2) is 11.7. The molecule has 0 saturated carbocycles. The zero-order chi connectivity index (χ0) is 26.7. The van der Waals surface area contributed by atoms with Crippen LogP contribution < -0.4 is 4.74 Å². The number of carbonyl (C=O) groups is 1. The lowest BCUT2D eigenvalue weighted by Gasteiger charge is -2.37. The van der Waals surface area contributed by atoms with Crippen molar-refractivity contribution in [1.82, 2.24) is 9.21 Å². The maximum absolute atomic E-state index is 14.2. The molecule has 7 nitrogen and oxygen atoms in total. The molecule has 38 heavy (non-hydrogen) atoms. The molecule has 3 heterocycles. The van der Waals surface area contributed by atoms with Crippen molar-refractivity contribution in [3.8, 4) is 5.75 Å². The quantitative estimate of drug-likeness (QED) is 0.360. The van der Waals surface area contributed by atoms with Gasteiger partial charge in [0.25, 0.3) is 0 Å². The van der Waals surface area contributed by atoms with E-state index in [4.69, 9.17) is 21.1 Å². The van der Waals surface area contributed by atoms with Gasteiger partial charge in [-0.1, -0.05) is 23.7 Å². The molecule has 0 aliphatic carbocycles. The summed E-state index contributed by atoms with van der Waals surface area (Å²) in [6.45, 7) is 0.750. The molecule has 202 valence electrons. The minimum atomic E-state index is -4.00. The molecule has 2 aliphatic heterocycles. The second-order valence-electron chi connectivity index (χ2n) is 9.28. The van der Waals surface area contributed by atoms with E-state index in [9.17, 15) is 17.6 Å². The number of para-hydroxylation sites is 1. The number of amides is 1. The summed E-state index contributed by atoms with van der Waals surface area (Å²) in [6, 6.07) is 13.5. The first kappa shape index (κ1) is 27.1. The van der Waals surface area contributed by atoms with Crippen molar-refractivity contribution in [2.45, 2.75) is 36.3 Å². The van der Waals surface area contributed by atoms with Gasteiger partial charge in [-0.3, -0.25) is 4.79 Å². The number of halogens is 2. The third-order valence-corrected chi connectivity index (χ3v) is 9.92. The molecule has 2 atom stereocenters. The van der Waals surface area contributed by atoms with Gasteiger partial charge in [-0.25, -0.2) is 12.8 Å². The van der Waals surface area contributed by atoms with E-state index in [-0.39, 0.29) is 42.4 Å². The van der Waals surface area contributed by atoms with E-state index in [2.05, 4.69) is 0 Å². The highest BCUT2D eigenvalue weighted by Gasteiger charge is 2.36. The zero-order valence-corrected chi connectivity index (χ0v) is 23.0. The summed E-state index contributed by atoms with van der Waals surface area (Å²) in [6.07, 6.45) is 1.94. The fourth-order valence-electron chi connectivity index (χ4n) is 4.87. The predicted molar refractivity (Wildman–Crippen MR) is 144 cm³/mol. The van der Waals surface area contributed by atoms with E-state index >= 15 is 0 Å². The lowest BCUT2D eigenvalue weighted by Crippen LogP contribution is -2.49. The topological polar surface area (TPSA) is 76.2 Å². The van der Waals surface area contributed by atoms with Crippen LogP contribution in [0.25, 0.3) is 0 Å². The van der Waals surface area contributed by atoms with Gasteiger partial charge in [-0.05, 0) is 72.7 Å². The van der Waals surface area contributed by atoms with E-state index in [0.29, 0.717) is 24.6 Å². The molecule has 1 aromatic heterocycles. The summed E-state index contributed by atoms with van der Waals surface area (Å²) < 4.78 is 54.2. The number of ether oxygens (including phenoxy) is 2. The number of sulfonamides is 1. The molecule has 5 rings (SSSR count). The highest BCUT2D eigenvalue weighted by molar-refractivity contribution is 7.89. The number of nitrogens with zero attached hydrogens (tertiary/aromatic N) is 2. The summed E-state index contributed by atoms with van der Waals surface area (Å²) in [5, 5.41) is 2.38. The normalized spacial score (nSPS) is 19.5. The van der Waals surface area contributed by atoms with Crippen molar-refractivity contribution in [3.05, 3.63) is 81.3 Å². The van der Waals surface area contributed by atoms with Crippen molar-refractivity contribution in [2.24, 2.45) is 0 Å². The van der Waals surface area contributed by atoms with E-state index in [1.54, 1.807) is 34.4 Å². The van der Waals surface area contributed by atoms with Gasteiger partial charge in [-0.2, -0.15) is 4.31 Å². The largest absolute Gasteiger partial charge is 0.488 e. The standard InChI is InChI=1S/C27H28ClFN2O5S2/c28-19-7-9-21(10-8-19)38(33,34)30(16-20-4-3-14-35-20)17-27(32)31-13-11-26-22(12-15-37-26)24(31)18-36-25-6-2-1-5-23(25)29/h1-2,5-10,12,15,20,24H,3-4,11,13-14,16-18H2. The number of rotatable bonds is 9. The van der Waals surface area contributed by atoms with Crippen LogP contribution in [0.4, 0.5) is 4.39 Å². The fraction of sp³-hybridized carbons (Fsp3) is 0.370. The number of thiophene rings is 1. The first-order valence-corrected chi connectivity index (χ1v) is 15.1. The summed E-state index contributed by atoms with van der Waals surface area (Å²) in [5.41, 5.74) is 0.942. The van der Waals surface area contributed by atoms with E-state index in [1.165, 1.54) is 34.6 Å². The van der Waals surface area contributed by atoms with E-state index in [1.807, 2.05) is 11.4 Å². The molecular weight excluding hydrogens is 551 g/mol. The second-order valence-corrected chi connectivity index (χ2v) is 12.7. The van der Waals surface area contributed by atoms with Gasteiger partial charge in [0.05, 0.1) is 23.6 Å². The van der Waals surface area contributed by atoms with Gasteiger partial charge in [0.1, 0.15) is 6.61 Å². The van der Waals surface area contributed by atoms with Crippen LogP contribution in [0.2, 0.25) is 5.02 Å². The van der Waals surface area contributed by atoms with Crippen LogP contribution in [0, 0.1) is 5.82 Å². The average molecular weight is 579 g/mol. The Morgan fingerprint density at radius 2 is 1.97 bits per heavy atom. The van der Waals surface area contributed by atoms with Crippen LogP contribution in [-0.4, -0.2) is 62.5 Å². The lowest BCUT2D eigenvalue weighted by molar-refractivity contribution is -0.135. The molecule has 0 spiro atoms. The summed E-state index contributed by atoms with van der Waals surface area (Å²) in [7, 11) is -4.00. The van der Waals surface area contributed by atoms with Crippen molar-refractivity contribution in [1.29, 1.82) is 0 Å². The summed E-state index contributed by atoms with van der Waals surface area (Å²) in [4.78, 5) is 16.6. The van der Waals surface area contributed by atoms with Crippen molar-refractivity contribution in [2.75, 3.05) is 32.8 Å². The lowest BCUT2D eigenvalue weighted by atomic mass is 10.0. The van der Waals surface area contributed by atoms with E-state index in [0.717, 1.165) is 23.3 Å². The van der Waals surface area contributed by atoms with Crippen molar-refractivity contribution < 1.29 is 27.1 Å². The molecule has 1 fully saturated rings. The average Bonchev–Trinajstić information content (AvgIpc) is 3.60.